The van der Waals surface area contributed by atoms with Crippen LogP contribution in [0.25, 0.3) is 0 Å². The van der Waals surface area contributed by atoms with Gasteiger partial charge >= 0.3 is 0 Å². The molecule has 1 amide bonds. The van der Waals surface area contributed by atoms with Crippen LogP contribution in [0, 0.1) is 12.3 Å². The van der Waals surface area contributed by atoms with E-state index >= 15 is 0 Å². The number of rotatable bonds is 3. The lowest BCUT2D eigenvalue weighted by atomic mass is 10.2. The van der Waals surface area contributed by atoms with Gasteiger partial charge in [-0.05, 0) is 18.2 Å². The monoisotopic (exact) mass is 188 g/mol. The quantitative estimate of drug-likeness (QED) is 0.697. The molecule has 1 aromatic carbocycles. The van der Waals surface area contributed by atoms with Crippen LogP contribution in [0.2, 0.25) is 0 Å². The zero-order valence-corrected chi connectivity index (χ0v) is 8.00. The number of amides is 1. The van der Waals surface area contributed by atoms with E-state index in [4.69, 9.17) is 6.42 Å². The lowest BCUT2D eigenvalue weighted by molar-refractivity contribution is 0.0963. The number of anilines is 1. The summed E-state index contributed by atoms with van der Waals surface area (Å²) in [6.07, 6.45) is 5.11. The minimum absolute atomic E-state index is 0.102. The van der Waals surface area contributed by atoms with Gasteiger partial charge in [0.25, 0.3) is 5.91 Å². The first kappa shape index (κ1) is 10.1. The molecule has 0 unspecified atom stereocenters. The van der Waals surface area contributed by atoms with E-state index in [-0.39, 0.29) is 5.91 Å². The van der Waals surface area contributed by atoms with E-state index in [1.165, 1.54) is 0 Å². The van der Waals surface area contributed by atoms with Crippen molar-refractivity contribution in [1.82, 2.24) is 5.32 Å². The maximum Gasteiger partial charge on any atom is 0.251 e. The number of terminal acetylenes is 1. The molecule has 0 aliphatic rings. The van der Waals surface area contributed by atoms with Gasteiger partial charge in [-0.1, -0.05) is 12.0 Å². The fraction of sp³-hybridized carbons (Fsp3) is 0.182. The summed E-state index contributed by atoms with van der Waals surface area (Å²) in [5.74, 6) is 2.36. The number of hydrogen-bond donors (Lipinski definition) is 2. The van der Waals surface area contributed by atoms with Crippen LogP contribution in [0.4, 0.5) is 5.69 Å². The Hall–Kier alpha value is -1.95. The van der Waals surface area contributed by atoms with E-state index in [0.717, 1.165) is 5.69 Å². The predicted octanol–water partition coefficient (Wildman–Crippen LogP) is 1.09. The Morgan fingerprint density at radius 3 is 3.00 bits per heavy atom. The normalized spacial score (nSPS) is 8.86. The standard InChI is InChI=1S/C11H12N2O/c1-3-7-13-10-6-4-5-9(8-10)11(14)12-2/h1,4-6,8,13H,7H2,2H3,(H,12,14). The van der Waals surface area contributed by atoms with Gasteiger partial charge < -0.3 is 10.6 Å². The molecule has 1 aromatic rings. The number of carbonyl (C=O) groups excluding carboxylic acids is 1. The molecule has 1 rings (SSSR count). The lowest BCUT2D eigenvalue weighted by Crippen LogP contribution is -2.17. The van der Waals surface area contributed by atoms with Crippen LogP contribution in [-0.4, -0.2) is 19.5 Å². The highest BCUT2D eigenvalue weighted by Crippen LogP contribution is 2.09. The van der Waals surface area contributed by atoms with Crippen LogP contribution in [-0.2, 0) is 0 Å². The second kappa shape index (κ2) is 4.93. The summed E-state index contributed by atoms with van der Waals surface area (Å²) < 4.78 is 0. The zero-order chi connectivity index (χ0) is 10.4. The molecule has 0 radical (unpaired) electrons. The minimum atomic E-state index is -0.102. The molecule has 0 spiro atoms. The van der Waals surface area contributed by atoms with Crippen molar-refractivity contribution in [2.45, 2.75) is 0 Å². The van der Waals surface area contributed by atoms with Crippen molar-refractivity contribution in [1.29, 1.82) is 0 Å². The Balaban J connectivity index is 2.79. The van der Waals surface area contributed by atoms with Crippen molar-refractivity contribution in [2.75, 3.05) is 18.9 Å². The third kappa shape index (κ3) is 2.53. The first-order valence-electron chi connectivity index (χ1n) is 4.27. The van der Waals surface area contributed by atoms with E-state index in [1.807, 2.05) is 12.1 Å². The molecule has 2 N–H and O–H groups in total. The van der Waals surface area contributed by atoms with Gasteiger partial charge in [-0.2, -0.15) is 0 Å². The van der Waals surface area contributed by atoms with Gasteiger partial charge in [0.1, 0.15) is 0 Å². The Kier molecular flexibility index (Phi) is 3.57. The summed E-state index contributed by atoms with van der Waals surface area (Å²) in [5, 5.41) is 5.56. The van der Waals surface area contributed by atoms with Gasteiger partial charge in [0.15, 0.2) is 0 Å². The van der Waals surface area contributed by atoms with E-state index in [0.29, 0.717) is 12.1 Å². The summed E-state index contributed by atoms with van der Waals surface area (Å²) in [7, 11) is 1.60. The third-order valence-electron chi connectivity index (χ3n) is 1.75. The molecule has 0 aliphatic carbocycles. The Morgan fingerprint density at radius 2 is 2.36 bits per heavy atom. The second-order valence-corrected chi connectivity index (χ2v) is 2.72. The Labute approximate surface area is 83.5 Å². The summed E-state index contributed by atoms with van der Waals surface area (Å²) in [4.78, 5) is 11.3. The van der Waals surface area contributed by atoms with Crippen molar-refractivity contribution >= 4 is 11.6 Å². The first-order valence-corrected chi connectivity index (χ1v) is 4.27. The van der Waals surface area contributed by atoms with Gasteiger partial charge in [-0.3, -0.25) is 4.79 Å². The topological polar surface area (TPSA) is 41.1 Å². The van der Waals surface area contributed by atoms with Gasteiger partial charge in [-0.25, -0.2) is 0 Å². The molecule has 0 saturated heterocycles. The molecule has 0 fully saturated rings. The molecular formula is C11H12N2O. The van der Waals surface area contributed by atoms with Crippen molar-refractivity contribution in [2.24, 2.45) is 0 Å². The largest absolute Gasteiger partial charge is 0.374 e. The highest BCUT2D eigenvalue weighted by molar-refractivity contribution is 5.94. The van der Waals surface area contributed by atoms with Crippen molar-refractivity contribution in [3.8, 4) is 12.3 Å². The maximum absolute atomic E-state index is 11.3. The number of benzene rings is 1. The Bertz CT molecular complexity index is 366. The summed E-state index contributed by atoms with van der Waals surface area (Å²) in [6, 6.07) is 7.18. The van der Waals surface area contributed by atoms with E-state index < -0.39 is 0 Å². The van der Waals surface area contributed by atoms with Crippen molar-refractivity contribution < 1.29 is 4.79 Å². The average Bonchev–Trinajstić information content (AvgIpc) is 2.25. The molecule has 0 bridgehead atoms. The van der Waals surface area contributed by atoms with Crippen LogP contribution in [0.3, 0.4) is 0 Å². The predicted molar refractivity (Wildman–Crippen MR) is 57.2 cm³/mol. The Morgan fingerprint density at radius 1 is 1.57 bits per heavy atom. The van der Waals surface area contributed by atoms with Crippen LogP contribution in [0.5, 0.6) is 0 Å². The summed E-state index contributed by atoms with van der Waals surface area (Å²) in [6.45, 7) is 0.456. The van der Waals surface area contributed by atoms with Gasteiger partial charge in [-0.15, -0.1) is 6.42 Å². The fourth-order valence-electron chi connectivity index (χ4n) is 1.07. The fourth-order valence-corrected chi connectivity index (χ4v) is 1.07. The van der Waals surface area contributed by atoms with Crippen molar-refractivity contribution in [3.63, 3.8) is 0 Å². The van der Waals surface area contributed by atoms with E-state index in [9.17, 15) is 4.79 Å². The maximum atomic E-state index is 11.3. The molecule has 0 aliphatic heterocycles. The van der Waals surface area contributed by atoms with E-state index in [1.54, 1.807) is 19.2 Å². The van der Waals surface area contributed by atoms with Crippen LogP contribution in [0.1, 0.15) is 10.4 Å². The molecule has 72 valence electrons. The van der Waals surface area contributed by atoms with Crippen LogP contribution in [0.15, 0.2) is 24.3 Å². The smallest absolute Gasteiger partial charge is 0.251 e. The summed E-state index contributed by atoms with van der Waals surface area (Å²) in [5.41, 5.74) is 1.47. The van der Waals surface area contributed by atoms with Gasteiger partial charge in [0.2, 0.25) is 0 Å². The number of nitrogens with one attached hydrogen (secondary N) is 2. The number of hydrogen-bond acceptors (Lipinski definition) is 2. The third-order valence-corrected chi connectivity index (χ3v) is 1.75. The average molecular weight is 188 g/mol. The van der Waals surface area contributed by atoms with E-state index in [2.05, 4.69) is 16.6 Å². The van der Waals surface area contributed by atoms with Gasteiger partial charge in [0, 0.05) is 18.3 Å². The molecule has 14 heavy (non-hydrogen) atoms. The first-order chi connectivity index (χ1) is 6.77. The molecule has 3 nitrogen and oxygen atoms in total. The van der Waals surface area contributed by atoms with Gasteiger partial charge in [0.05, 0.1) is 6.54 Å². The molecular weight excluding hydrogens is 176 g/mol. The number of carbonyl (C=O) groups is 1. The molecule has 0 saturated carbocycles. The molecule has 3 heteroatoms. The highest BCUT2D eigenvalue weighted by atomic mass is 16.1. The second-order valence-electron chi connectivity index (χ2n) is 2.72. The highest BCUT2D eigenvalue weighted by Gasteiger charge is 2.02. The molecule has 0 atom stereocenters. The lowest BCUT2D eigenvalue weighted by Gasteiger charge is -2.04. The van der Waals surface area contributed by atoms with Crippen molar-refractivity contribution in [3.05, 3.63) is 29.8 Å². The summed E-state index contributed by atoms with van der Waals surface area (Å²) >= 11 is 0. The minimum Gasteiger partial charge on any atom is -0.374 e. The molecule has 0 heterocycles. The zero-order valence-electron chi connectivity index (χ0n) is 8.00. The van der Waals surface area contributed by atoms with Crippen LogP contribution >= 0.6 is 0 Å². The van der Waals surface area contributed by atoms with Crippen LogP contribution < -0.4 is 10.6 Å². The molecule has 0 aromatic heterocycles. The SMILES string of the molecule is C#CCNc1cccc(C(=O)NC)c1.